The van der Waals surface area contributed by atoms with Crippen molar-refractivity contribution in [2.75, 3.05) is 6.61 Å². The molecule has 0 spiro atoms. The Labute approximate surface area is 192 Å². The monoisotopic (exact) mass is 482 g/mol. The van der Waals surface area contributed by atoms with Crippen LogP contribution >= 0.6 is 0 Å². The second kappa shape index (κ2) is 8.32. The van der Waals surface area contributed by atoms with E-state index < -0.39 is 35.0 Å². The van der Waals surface area contributed by atoms with Gasteiger partial charge in [-0.25, -0.2) is 9.78 Å². The molecule has 1 aromatic rings. The minimum atomic E-state index is -2.81. The van der Waals surface area contributed by atoms with Crippen LogP contribution in [0.3, 0.4) is 0 Å². The van der Waals surface area contributed by atoms with Crippen LogP contribution in [0.5, 0.6) is 5.88 Å². The molecule has 5 atom stereocenters. The lowest BCUT2D eigenvalue weighted by molar-refractivity contribution is -0.0517. The lowest BCUT2D eigenvalue weighted by atomic mass is 10.1. The first-order valence-electron chi connectivity index (χ1n) is 11.9. The summed E-state index contributed by atoms with van der Waals surface area (Å²) in [5.41, 5.74) is 1.31. The van der Waals surface area contributed by atoms with Gasteiger partial charge in [-0.05, 0) is 22.2 Å². The summed E-state index contributed by atoms with van der Waals surface area (Å²) >= 11 is 0. The standard InChI is InChI=1S/C22H38N2O6Si2/c1-11(2)31(12(3)4)27-10-16(25)19(29-32(30-31,13(5)6)14(7)8)18-17-15-9-23-22(26)24-21(15)28-20(17)18/h9,11-14,16-20,25H,10H2,1-8H3,(H,23,24,26). The fourth-order valence-electron chi connectivity index (χ4n) is 5.74. The van der Waals surface area contributed by atoms with Crippen molar-refractivity contribution in [1.29, 1.82) is 0 Å². The van der Waals surface area contributed by atoms with Crippen LogP contribution in [0.15, 0.2) is 11.0 Å². The fraction of sp³-hybridized carbons (Fsp3) is 0.818. The third-order valence-corrected chi connectivity index (χ3v) is 17.8. The summed E-state index contributed by atoms with van der Waals surface area (Å²) in [6, 6.07) is 0. The molecular weight excluding hydrogens is 444 g/mol. The third-order valence-electron chi connectivity index (χ3n) is 7.52. The Balaban J connectivity index is 1.70. The van der Waals surface area contributed by atoms with E-state index in [1.165, 1.54) is 0 Å². The van der Waals surface area contributed by atoms with E-state index in [1.54, 1.807) is 6.20 Å². The molecule has 5 unspecified atom stereocenters. The number of nitrogens with zero attached hydrogens (tertiary/aromatic N) is 1. The van der Waals surface area contributed by atoms with Crippen molar-refractivity contribution in [2.24, 2.45) is 5.92 Å². The molecular formula is C22H38N2O6Si2. The number of aromatic nitrogens is 2. The van der Waals surface area contributed by atoms with E-state index in [-0.39, 0.29) is 46.7 Å². The Hall–Kier alpha value is -1.05. The molecule has 3 aliphatic rings. The zero-order chi connectivity index (χ0) is 23.6. The molecule has 0 radical (unpaired) electrons. The van der Waals surface area contributed by atoms with E-state index in [0.29, 0.717) is 5.88 Å². The number of rotatable bonds is 5. The predicted molar refractivity (Wildman–Crippen MR) is 125 cm³/mol. The van der Waals surface area contributed by atoms with Crippen LogP contribution in [0.25, 0.3) is 0 Å². The SMILES string of the molecule is CC(C)[Si]1(C(C)C)OCC(O)C(C2C3Oc4[nH]c(=O)ncc4C32)O[Si](C(C)C)(C(C)C)O1. The lowest BCUT2D eigenvalue weighted by Crippen LogP contribution is -2.65. The Bertz CT molecular complexity index is 889. The van der Waals surface area contributed by atoms with E-state index in [0.717, 1.165) is 5.56 Å². The Morgan fingerprint density at radius 2 is 1.59 bits per heavy atom. The van der Waals surface area contributed by atoms with Gasteiger partial charge < -0.3 is 22.8 Å². The van der Waals surface area contributed by atoms with Crippen LogP contribution < -0.4 is 10.4 Å². The average molecular weight is 483 g/mol. The van der Waals surface area contributed by atoms with Crippen LogP contribution in [0.1, 0.15) is 66.9 Å². The fourth-order valence-corrected chi connectivity index (χ4v) is 17.0. The van der Waals surface area contributed by atoms with Crippen molar-refractivity contribution in [3.8, 4) is 5.88 Å². The number of aliphatic hydroxyl groups is 1. The normalized spacial score (nSPS) is 33.1. The van der Waals surface area contributed by atoms with Crippen molar-refractivity contribution in [2.45, 2.75) is 102 Å². The Morgan fingerprint density at radius 3 is 2.16 bits per heavy atom. The predicted octanol–water partition coefficient (Wildman–Crippen LogP) is 3.56. The van der Waals surface area contributed by atoms with Gasteiger partial charge in [0.15, 0.2) is 0 Å². The summed E-state index contributed by atoms with van der Waals surface area (Å²) in [5, 5.41) is 11.3. The number of nitrogens with one attached hydrogen (secondary N) is 1. The number of hydrogen-bond donors (Lipinski definition) is 2. The van der Waals surface area contributed by atoms with Gasteiger partial charge in [0.1, 0.15) is 12.2 Å². The molecule has 4 rings (SSSR count). The van der Waals surface area contributed by atoms with Crippen molar-refractivity contribution in [3.63, 3.8) is 0 Å². The van der Waals surface area contributed by atoms with Gasteiger partial charge in [-0.3, -0.25) is 4.98 Å². The summed E-state index contributed by atoms with van der Waals surface area (Å²) in [6.07, 6.45) is 0.234. The molecule has 2 fully saturated rings. The van der Waals surface area contributed by atoms with Gasteiger partial charge in [-0.15, -0.1) is 0 Å². The largest absolute Gasteiger partial charge is 0.474 e. The van der Waals surface area contributed by atoms with Crippen LogP contribution in [0.4, 0.5) is 0 Å². The van der Waals surface area contributed by atoms with E-state index in [4.69, 9.17) is 17.7 Å². The molecule has 3 heterocycles. The Morgan fingerprint density at radius 1 is 1.00 bits per heavy atom. The van der Waals surface area contributed by atoms with Gasteiger partial charge in [-0.2, -0.15) is 0 Å². The van der Waals surface area contributed by atoms with Gasteiger partial charge in [0.2, 0.25) is 5.88 Å². The first-order chi connectivity index (χ1) is 14.9. The first kappa shape index (κ1) is 24.1. The number of aliphatic hydroxyl groups excluding tert-OH is 1. The molecule has 1 saturated carbocycles. The number of fused-ring (bicyclic) bond motifs is 3. The maximum atomic E-state index is 11.5. The van der Waals surface area contributed by atoms with E-state index >= 15 is 0 Å². The molecule has 2 N–H and O–H groups in total. The highest BCUT2D eigenvalue weighted by atomic mass is 28.5. The molecule has 32 heavy (non-hydrogen) atoms. The number of H-pyrrole nitrogens is 1. The summed E-state index contributed by atoms with van der Waals surface area (Å²) in [5.74, 6) is 0.525. The molecule has 10 heteroatoms. The molecule has 2 aliphatic heterocycles. The van der Waals surface area contributed by atoms with Gasteiger partial charge in [0.25, 0.3) is 0 Å². The number of hydrogen-bond acceptors (Lipinski definition) is 7. The van der Waals surface area contributed by atoms with Gasteiger partial charge >= 0.3 is 22.8 Å². The Kier molecular flexibility index (Phi) is 6.26. The first-order valence-corrected chi connectivity index (χ1v) is 15.8. The molecule has 1 aliphatic carbocycles. The molecule has 0 amide bonds. The van der Waals surface area contributed by atoms with Crippen molar-refractivity contribution in [3.05, 3.63) is 22.2 Å². The highest BCUT2D eigenvalue weighted by molar-refractivity contribution is 6.83. The maximum absolute atomic E-state index is 11.5. The maximum Gasteiger partial charge on any atom is 0.347 e. The molecule has 1 aromatic heterocycles. The van der Waals surface area contributed by atoms with Crippen LogP contribution in [-0.4, -0.2) is 57.1 Å². The lowest BCUT2D eigenvalue weighted by Gasteiger charge is -2.51. The molecule has 180 valence electrons. The van der Waals surface area contributed by atoms with E-state index in [1.807, 2.05) is 0 Å². The molecule has 0 bridgehead atoms. The van der Waals surface area contributed by atoms with Crippen LogP contribution in [-0.2, 0) is 13.0 Å². The molecule has 0 aromatic carbocycles. The van der Waals surface area contributed by atoms with Crippen LogP contribution in [0, 0.1) is 5.92 Å². The topological polar surface area (TPSA) is 103 Å². The number of ether oxygens (including phenoxy) is 1. The van der Waals surface area contributed by atoms with Gasteiger partial charge in [0.05, 0.1) is 12.7 Å². The third kappa shape index (κ3) is 3.63. The van der Waals surface area contributed by atoms with Crippen molar-refractivity contribution >= 4 is 17.1 Å². The molecule has 8 nitrogen and oxygen atoms in total. The second-order valence-corrected chi connectivity index (χ2v) is 19.6. The van der Waals surface area contributed by atoms with Crippen molar-refractivity contribution in [1.82, 2.24) is 9.97 Å². The van der Waals surface area contributed by atoms with Crippen LogP contribution in [0.2, 0.25) is 22.2 Å². The average Bonchev–Trinajstić information content (AvgIpc) is 3.24. The zero-order valence-corrected chi connectivity index (χ0v) is 22.4. The minimum Gasteiger partial charge on any atom is -0.474 e. The van der Waals surface area contributed by atoms with Gasteiger partial charge in [0, 0.05) is 23.6 Å². The highest BCUT2D eigenvalue weighted by Gasteiger charge is 2.67. The summed E-state index contributed by atoms with van der Waals surface area (Å²) in [7, 11) is -5.47. The summed E-state index contributed by atoms with van der Waals surface area (Å²) < 4.78 is 26.8. The summed E-state index contributed by atoms with van der Waals surface area (Å²) in [6.45, 7) is 17.6. The summed E-state index contributed by atoms with van der Waals surface area (Å²) in [4.78, 5) is 18.1. The zero-order valence-electron chi connectivity index (χ0n) is 20.4. The molecule has 1 saturated heterocycles. The van der Waals surface area contributed by atoms with Crippen molar-refractivity contribution < 1.29 is 22.8 Å². The minimum absolute atomic E-state index is 0.0194. The second-order valence-electron chi connectivity index (χ2n) is 10.8. The number of aromatic amines is 1. The van der Waals surface area contributed by atoms with Gasteiger partial charge in [-0.1, -0.05) is 55.4 Å². The van der Waals surface area contributed by atoms with E-state index in [2.05, 4.69) is 65.4 Å². The highest BCUT2D eigenvalue weighted by Crippen LogP contribution is 2.60. The van der Waals surface area contributed by atoms with E-state index in [9.17, 15) is 9.90 Å². The smallest absolute Gasteiger partial charge is 0.347 e. The quantitative estimate of drug-likeness (QED) is 0.619.